The highest BCUT2D eigenvalue weighted by atomic mass is 35.5. The van der Waals surface area contributed by atoms with Crippen LogP contribution in [0.4, 0.5) is 0 Å². The Morgan fingerprint density at radius 1 is 1.38 bits per heavy atom. The zero-order valence-corrected chi connectivity index (χ0v) is 9.61. The van der Waals surface area contributed by atoms with Crippen LogP contribution in [0.5, 0.6) is 0 Å². The highest BCUT2D eigenvalue weighted by Crippen LogP contribution is 2.22. The third-order valence-electron chi connectivity index (χ3n) is 2.97. The summed E-state index contributed by atoms with van der Waals surface area (Å²) in [5, 5.41) is 8.15. The topological polar surface area (TPSA) is 42.2 Å². The molecule has 0 aromatic carbocycles. The lowest BCUT2D eigenvalue weighted by Crippen LogP contribution is -2.26. The molecule has 1 aliphatic heterocycles. The number of imidazole rings is 1. The van der Waals surface area contributed by atoms with Crippen molar-refractivity contribution in [2.45, 2.75) is 25.3 Å². The summed E-state index contributed by atoms with van der Waals surface area (Å²) in [4.78, 5) is 4.56. The number of nitrogens with zero attached hydrogens (tertiary/aromatic N) is 3. The van der Waals surface area contributed by atoms with Crippen molar-refractivity contribution in [1.82, 2.24) is 19.9 Å². The number of rotatable bonds is 1. The maximum Gasteiger partial charge on any atom is 0.153 e. The van der Waals surface area contributed by atoms with Crippen molar-refractivity contribution in [3.63, 3.8) is 0 Å². The van der Waals surface area contributed by atoms with Crippen LogP contribution in [0.15, 0.2) is 18.3 Å². The first-order chi connectivity index (χ1) is 7.83. The van der Waals surface area contributed by atoms with Gasteiger partial charge in [0.15, 0.2) is 5.65 Å². The predicted molar refractivity (Wildman–Crippen MR) is 62.6 cm³/mol. The molecular weight excluding hydrogens is 224 g/mol. The van der Waals surface area contributed by atoms with E-state index in [0.717, 1.165) is 24.3 Å². The number of hydrogen-bond donors (Lipinski definition) is 1. The van der Waals surface area contributed by atoms with E-state index in [-0.39, 0.29) is 0 Å². The molecule has 3 heterocycles. The third kappa shape index (κ3) is 1.79. The molecule has 84 valence electrons. The molecular formula is C11H13ClN4. The van der Waals surface area contributed by atoms with Gasteiger partial charge >= 0.3 is 0 Å². The molecule has 1 saturated heterocycles. The van der Waals surface area contributed by atoms with Gasteiger partial charge in [0.05, 0.1) is 17.9 Å². The van der Waals surface area contributed by atoms with E-state index in [2.05, 4.69) is 15.4 Å². The zero-order valence-electron chi connectivity index (χ0n) is 8.86. The highest BCUT2D eigenvalue weighted by molar-refractivity contribution is 6.29. The molecule has 0 radical (unpaired) electrons. The molecule has 2 aromatic heterocycles. The van der Waals surface area contributed by atoms with Gasteiger partial charge in [-0.05, 0) is 31.5 Å². The molecule has 1 atom stereocenters. The van der Waals surface area contributed by atoms with E-state index in [0.29, 0.717) is 11.2 Å². The molecule has 0 amide bonds. The van der Waals surface area contributed by atoms with Crippen molar-refractivity contribution in [2.75, 3.05) is 6.54 Å². The molecule has 0 unspecified atom stereocenters. The molecule has 4 nitrogen and oxygen atoms in total. The van der Waals surface area contributed by atoms with E-state index < -0.39 is 0 Å². The quantitative estimate of drug-likeness (QED) is 0.826. The van der Waals surface area contributed by atoms with E-state index in [1.807, 2.05) is 12.3 Å². The first kappa shape index (κ1) is 10.1. The first-order valence-electron chi connectivity index (χ1n) is 5.58. The molecule has 16 heavy (non-hydrogen) atoms. The van der Waals surface area contributed by atoms with Gasteiger partial charge in [-0.3, -0.25) is 0 Å². The third-order valence-corrected chi connectivity index (χ3v) is 3.18. The Morgan fingerprint density at radius 2 is 2.31 bits per heavy atom. The second-order valence-electron chi connectivity index (χ2n) is 4.13. The smallest absolute Gasteiger partial charge is 0.153 e. The van der Waals surface area contributed by atoms with Crippen LogP contribution in [0.1, 0.15) is 31.0 Å². The van der Waals surface area contributed by atoms with Crippen molar-refractivity contribution >= 4 is 17.2 Å². The molecule has 1 aliphatic rings. The molecule has 1 N–H and O–H groups in total. The number of nitrogens with one attached hydrogen (secondary N) is 1. The second kappa shape index (κ2) is 4.03. The van der Waals surface area contributed by atoms with Crippen LogP contribution >= 0.6 is 11.6 Å². The summed E-state index contributed by atoms with van der Waals surface area (Å²) in [6.45, 7) is 1.08. The minimum atomic E-state index is 0.370. The summed E-state index contributed by atoms with van der Waals surface area (Å²) in [5.41, 5.74) is 1.92. The average molecular weight is 237 g/mol. The van der Waals surface area contributed by atoms with Gasteiger partial charge in [-0.2, -0.15) is 5.10 Å². The Morgan fingerprint density at radius 3 is 3.12 bits per heavy atom. The summed E-state index contributed by atoms with van der Waals surface area (Å²) in [5.74, 6) is 0. The molecule has 0 bridgehead atoms. The number of piperidine rings is 1. The Hall–Kier alpha value is -1.13. The molecule has 2 aromatic rings. The van der Waals surface area contributed by atoms with E-state index in [1.54, 1.807) is 10.6 Å². The van der Waals surface area contributed by atoms with Gasteiger partial charge < -0.3 is 5.32 Å². The number of hydrogen-bond acceptors (Lipinski definition) is 3. The van der Waals surface area contributed by atoms with Crippen molar-refractivity contribution in [2.24, 2.45) is 0 Å². The molecule has 3 rings (SSSR count). The SMILES string of the molecule is Clc1ccc2nc([C@@H]3CCCCN3)cn2n1. The molecule has 0 aliphatic carbocycles. The van der Waals surface area contributed by atoms with E-state index in [1.165, 1.54) is 12.8 Å². The molecule has 1 fully saturated rings. The van der Waals surface area contributed by atoms with E-state index >= 15 is 0 Å². The summed E-state index contributed by atoms with van der Waals surface area (Å²) < 4.78 is 1.74. The van der Waals surface area contributed by atoms with Gasteiger partial charge in [0, 0.05) is 0 Å². The highest BCUT2D eigenvalue weighted by Gasteiger charge is 2.17. The second-order valence-corrected chi connectivity index (χ2v) is 4.51. The van der Waals surface area contributed by atoms with Gasteiger partial charge in [-0.1, -0.05) is 18.0 Å². The Kier molecular flexibility index (Phi) is 2.53. The average Bonchev–Trinajstić information content (AvgIpc) is 2.73. The van der Waals surface area contributed by atoms with Gasteiger partial charge in [0.1, 0.15) is 5.15 Å². The van der Waals surface area contributed by atoms with Crippen molar-refractivity contribution in [3.05, 3.63) is 29.2 Å². The van der Waals surface area contributed by atoms with Gasteiger partial charge in [-0.15, -0.1) is 0 Å². The standard InChI is InChI=1S/C11H13ClN4/c12-10-4-5-11-14-9(7-16(11)15-10)8-3-1-2-6-13-8/h4-5,7-8,13H,1-3,6H2/t8-/m0/s1. The van der Waals surface area contributed by atoms with E-state index in [9.17, 15) is 0 Å². The number of fused-ring (bicyclic) bond motifs is 1. The Labute approximate surface area is 98.6 Å². The van der Waals surface area contributed by atoms with Gasteiger partial charge in [0.25, 0.3) is 0 Å². The maximum atomic E-state index is 5.84. The summed E-state index contributed by atoms with van der Waals surface area (Å²) >= 11 is 5.84. The summed E-state index contributed by atoms with van der Waals surface area (Å²) in [6, 6.07) is 4.03. The van der Waals surface area contributed by atoms with Crippen molar-refractivity contribution < 1.29 is 0 Å². The van der Waals surface area contributed by atoms with Crippen LogP contribution in [0.2, 0.25) is 5.15 Å². The normalized spacial score (nSPS) is 21.4. The van der Waals surface area contributed by atoms with Crippen LogP contribution in [-0.4, -0.2) is 21.1 Å². The predicted octanol–water partition coefficient (Wildman–Crippen LogP) is 2.20. The fraction of sp³-hybridized carbons (Fsp3) is 0.455. The fourth-order valence-electron chi connectivity index (χ4n) is 2.15. The van der Waals surface area contributed by atoms with Crippen molar-refractivity contribution in [1.29, 1.82) is 0 Å². The zero-order chi connectivity index (χ0) is 11.0. The molecule has 0 spiro atoms. The van der Waals surface area contributed by atoms with Crippen LogP contribution in [0.25, 0.3) is 5.65 Å². The van der Waals surface area contributed by atoms with Gasteiger partial charge in [-0.25, -0.2) is 9.50 Å². The number of halogens is 1. The van der Waals surface area contributed by atoms with Crippen LogP contribution in [0.3, 0.4) is 0 Å². The molecule has 0 saturated carbocycles. The largest absolute Gasteiger partial charge is 0.309 e. The monoisotopic (exact) mass is 236 g/mol. The van der Waals surface area contributed by atoms with Crippen LogP contribution < -0.4 is 5.32 Å². The lowest BCUT2D eigenvalue weighted by atomic mass is 10.0. The van der Waals surface area contributed by atoms with Crippen molar-refractivity contribution in [3.8, 4) is 0 Å². The lowest BCUT2D eigenvalue weighted by Gasteiger charge is -2.21. The lowest BCUT2D eigenvalue weighted by molar-refractivity contribution is 0.406. The minimum absolute atomic E-state index is 0.370. The maximum absolute atomic E-state index is 5.84. The molecule has 5 heteroatoms. The first-order valence-corrected chi connectivity index (χ1v) is 5.96. The van der Waals surface area contributed by atoms with Gasteiger partial charge in [0.2, 0.25) is 0 Å². The Balaban J connectivity index is 1.97. The summed E-state index contributed by atoms with van der Waals surface area (Å²) in [6.07, 6.45) is 5.63. The number of aromatic nitrogens is 3. The fourth-order valence-corrected chi connectivity index (χ4v) is 2.29. The van der Waals surface area contributed by atoms with E-state index in [4.69, 9.17) is 11.6 Å². The van der Waals surface area contributed by atoms with Crippen LogP contribution in [0, 0.1) is 0 Å². The minimum Gasteiger partial charge on any atom is -0.309 e. The summed E-state index contributed by atoms with van der Waals surface area (Å²) in [7, 11) is 0. The Bertz CT molecular complexity index is 502. The van der Waals surface area contributed by atoms with Crippen LogP contribution in [-0.2, 0) is 0 Å².